The molecule has 434 valence electrons. The molecular weight excluding hydrogens is 1060 g/mol. The number of benzene rings is 4. The summed E-state index contributed by atoms with van der Waals surface area (Å²) in [5, 5.41) is 19.8. The summed E-state index contributed by atoms with van der Waals surface area (Å²) >= 11 is 3.37. The molecule has 0 radical (unpaired) electrons. The van der Waals surface area contributed by atoms with Gasteiger partial charge in [-0.25, -0.2) is 9.97 Å². The Balaban J connectivity index is 0.598. The number of aryl methyl sites for hydroxylation is 2. The van der Waals surface area contributed by atoms with Crippen LogP contribution in [0, 0.1) is 13.8 Å². The minimum Gasteiger partial charge on any atom is -0.385 e. The molecule has 80 heavy (non-hydrogen) atoms. The highest BCUT2D eigenvalue weighted by Crippen LogP contribution is 2.32. The van der Waals surface area contributed by atoms with Gasteiger partial charge < -0.3 is 69.8 Å². The quantitative estimate of drug-likeness (QED) is 0.0223. The number of rotatable bonds is 43. The van der Waals surface area contributed by atoms with E-state index in [2.05, 4.69) is 82.1 Å². The van der Waals surface area contributed by atoms with Crippen LogP contribution in [0.3, 0.4) is 0 Å². The predicted octanol–water partition coefficient (Wildman–Crippen LogP) is 6.54. The number of hydrogen-bond acceptors (Lipinski definition) is 18. The SMILES string of the molecule is Cc1ccc2nc(-c3ccc(NCCC(=O)NCCOCCOCCOCCOCCC(=O)NCCNC(=O)CCOCCOCCOCCOCCNC(=O)CCNc4ccc(-c5nc6ccc(C)cc6s5)cc4)cc3)sc2c1. The van der Waals surface area contributed by atoms with Crippen molar-refractivity contribution in [2.75, 3.05) is 156 Å². The summed E-state index contributed by atoms with van der Waals surface area (Å²) in [5.74, 6) is -0.435. The van der Waals surface area contributed by atoms with Crippen LogP contribution in [0.15, 0.2) is 84.9 Å². The molecule has 0 fully saturated rings. The van der Waals surface area contributed by atoms with Gasteiger partial charge in [-0.15, -0.1) is 22.7 Å². The van der Waals surface area contributed by atoms with Crippen molar-refractivity contribution < 1.29 is 57.1 Å². The Bertz CT molecular complexity index is 2560. The van der Waals surface area contributed by atoms with Crippen molar-refractivity contribution in [2.45, 2.75) is 39.5 Å². The molecule has 2 aromatic heterocycles. The summed E-state index contributed by atoms with van der Waals surface area (Å²) in [7, 11) is 0. The number of carbonyl (C=O) groups excluding carboxylic acids is 4. The van der Waals surface area contributed by atoms with Crippen LogP contribution in [-0.2, 0) is 57.1 Å². The lowest BCUT2D eigenvalue weighted by Gasteiger charge is -2.09. The highest BCUT2D eigenvalue weighted by Gasteiger charge is 2.10. The van der Waals surface area contributed by atoms with E-state index in [9.17, 15) is 19.2 Å². The van der Waals surface area contributed by atoms with Crippen molar-refractivity contribution >= 4 is 78.1 Å². The number of thiazole rings is 2. The summed E-state index contributed by atoms with van der Waals surface area (Å²) in [6, 6.07) is 28.8. The molecular formula is C58H78N8O12S2. The van der Waals surface area contributed by atoms with Gasteiger partial charge in [-0.2, -0.15) is 0 Å². The van der Waals surface area contributed by atoms with Gasteiger partial charge in [0.1, 0.15) is 10.0 Å². The van der Waals surface area contributed by atoms with Crippen LogP contribution in [0.25, 0.3) is 41.6 Å². The summed E-state index contributed by atoms with van der Waals surface area (Å²) in [6.45, 7) is 12.7. The molecule has 4 aromatic carbocycles. The molecule has 0 aliphatic heterocycles. The molecule has 4 amide bonds. The Kier molecular flexibility index (Phi) is 29.7. The molecule has 0 aliphatic carbocycles. The molecule has 0 bridgehead atoms. The number of ether oxygens (including phenoxy) is 8. The molecule has 2 heterocycles. The highest BCUT2D eigenvalue weighted by atomic mass is 32.1. The summed E-state index contributed by atoms with van der Waals surface area (Å²) < 4.78 is 46.4. The Hall–Kier alpha value is -6.18. The molecule has 6 N–H and O–H groups in total. The van der Waals surface area contributed by atoms with Crippen LogP contribution in [0.4, 0.5) is 11.4 Å². The van der Waals surface area contributed by atoms with E-state index in [1.807, 2.05) is 48.5 Å². The van der Waals surface area contributed by atoms with Gasteiger partial charge in [-0.1, -0.05) is 12.1 Å². The fourth-order valence-corrected chi connectivity index (χ4v) is 9.69. The van der Waals surface area contributed by atoms with Gasteiger partial charge in [-0.3, -0.25) is 19.2 Å². The highest BCUT2D eigenvalue weighted by molar-refractivity contribution is 7.22. The molecule has 0 spiro atoms. The summed E-state index contributed by atoms with van der Waals surface area (Å²) in [4.78, 5) is 58.1. The van der Waals surface area contributed by atoms with Crippen molar-refractivity contribution in [1.29, 1.82) is 0 Å². The molecule has 20 nitrogen and oxygen atoms in total. The minimum atomic E-state index is -0.170. The second kappa shape index (κ2) is 37.7. The number of nitrogens with one attached hydrogen (secondary N) is 6. The van der Waals surface area contributed by atoms with Crippen molar-refractivity contribution in [3.8, 4) is 21.1 Å². The molecule has 0 saturated heterocycles. The van der Waals surface area contributed by atoms with E-state index in [4.69, 9.17) is 47.9 Å². The van der Waals surface area contributed by atoms with Crippen LogP contribution in [0.5, 0.6) is 0 Å². The van der Waals surface area contributed by atoms with Gasteiger partial charge in [0.15, 0.2) is 0 Å². The molecule has 22 heteroatoms. The second-order valence-electron chi connectivity index (χ2n) is 18.3. The van der Waals surface area contributed by atoms with E-state index in [0.29, 0.717) is 145 Å². The number of hydrogen-bond donors (Lipinski definition) is 6. The smallest absolute Gasteiger partial charge is 0.222 e. The first-order chi connectivity index (χ1) is 39.2. The van der Waals surface area contributed by atoms with Crippen LogP contribution >= 0.6 is 22.7 Å². The summed E-state index contributed by atoms with van der Waals surface area (Å²) in [5.41, 5.74) is 8.50. The lowest BCUT2D eigenvalue weighted by atomic mass is 10.2. The van der Waals surface area contributed by atoms with E-state index in [-0.39, 0.29) is 49.7 Å². The van der Waals surface area contributed by atoms with E-state index in [1.165, 1.54) is 20.5 Å². The Morgan fingerprint density at radius 2 is 0.675 bits per heavy atom. The Morgan fingerprint density at radius 3 is 1.04 bits per heavy atom. The molecule has 0 unspecified atom stereocenters. The van der Waals surface area contributed by atoms with Gasteiger partial charge in [0.25, 0.3) is 0 Å². The Labute approximate surface area is 476 Å². The van der Waals surface area contributed by atoms with E-state index in [0.717, 1.165) is 43.6 Å². The normalized spacial score (nSPS) is 11.3. The summed E-state index contributed by atoms with van der Waals surface area (Å²) in [6.07, 6.45) is 1.09. The lowest BCUT2D eigenvalue weighted by Crippen LogP contribution is -2.35. The fraction of sp³-hybridized carbons (Fsp3) is 0.483. The number of amides is 4. The average Bonchev–Trinajstić information content (AvgIpc) is 4.11. The van der Waals surface area contributed by atoms with Crippen LogP contribution < -0.4 is 31.9 Å². The first kappa shape index (κ1) is 63.0. The number of anilines is 2. The second-order valence-corrected chi connectivity index (χ2v) is 20.3. The largest absolute Gasteiger partial charge is 0.385 e. The van der Waals surface area contributed by atoms with Crippen molar-refractivity contribution in [2.24, 2.45) is 0 Å². The lowest BCUT2D eigenvalue weighted by molar-refractivity contribution is -0.124. The van der Waals surface area contributed by atoms with Crippen molar-refractivity contribution in [1.82, 2.24) is 31.2 Å². The molecule has 6 aromatic rings. The van der Waals surface area contributed by atoms with E-state index < -0.39 is 0 Å². The third kappa shape index (κ3) is 25.5. The number of carbonyl (C=O) groups is 4. The topological polar surface area (TPSA) is 240 Å². The zero-order valence-corrected chi connectivity index (χ0v) is 47.7. The maximum absolute atomic E-state index is 12.2. The zero-order chi connectivity index (χ0) is 56.2. The third-order valence-electron chi connectivity index (χ3n) is 11.8. The first-order valence-electron chi connectivity index (χ1n) is 27.3. The van der Waals surface area contributed by atoms with E-state index >= 15 is 0 Å². The standard InChI is InChI=1S/C58H78N8O12S2/c1-43-3-13-49-51(41-43)79-57(65-49)45-5-9-47(10-6-45)59-19-15-53(67)63-23-27-73-31-35-77-39-37-75-33-29-71-25-17-55(69)61-21-22-62-56(70)18-26-72-30-34-76-38-40-78-36-32-74-28-24-64-54(68)16-20-60-48-11-7-46(8-12-48)58-66-50-14-4-44(2)42-52(50)80-58/h3-14,41-42,59-60H,15-40H2,1-2H3,(H,61,69)(H,62,70)(H,63,67)(H,64,68). The van der Waals surface area contributed by atoms with E-state index in [1.54, 1.807) is 22.7 Å². The van der Waals surface area contributed by atoms with Gasteiger partial charge in [0.2, 0.25) is 23.6 Å². The first-order valence-corrected chi connectivity index (χ1v) is 28.9. The molecule has 0 atom stereocenters. The van der Waals surface area contributed by atoms with Gasteiger partial charge in [-0.05, 0) is 97.8 Å². The maximum Gasteiger partial charge on any atom is 0.222 e. The third-order valence-corrected chi connectivity index (χ3v) is 13.9. The molecule has 0 aliphatic rings. The van der Waals surface area contributed by atoms with Crippen molar-refractivity contribution in [3.05, 3.63) is 96.1 Å². The maximum atomic E-state index is 12.2. The number of fused-ring (bicyclic) bond motifs is 2. The molecule has 0 saturated carbocycles. The number of nitrogens with zero attached hydrogens (tertiary/aromatic N) is 2. The van der Waals surface area contributed by atoms with Crippen LogP contribution in [0.1, 0.15) is 36.8 Å². The fourth-order valence-electron chi connectivity index (χ4n) is 7.55. The van der Waals surface area contributed by atoms with Gasteiger partial charge >= 0.3 is 0 Å². The number of aromatic nitrogens is 2. The molecule has 6 rings (SSSR count). The zero-order valence-electron chi connectivity index (χ0n) is 46.1. The van der Waals surface area contributed by atoms with Gasteiger partial charge in [0.05, 0.1) is 126 Å². The Morgan fingerprint density at radius 1 is 0.362 bits per heavy atom. The minimum absolute atomic E-state index is 0.0478. The van der Waals surface area contributed by atoms with Crippen molar-refractivity contribution in [3.63, 3.8) is 0 Å². The van der Waals surface area contributed by atoms with Gasteiger partial charge in [0, 0.05) is 87.5 Å². The van der Waals surface area contributed by atoms with Crippen LogP contribution in [0.2, 0.25) is 0 Å². The average molecular weight is 1140 g/mol. The predicted molar refractivity (Wildman–Crippen MR) is 314 cm³/mol. The van der Waals surface area contributed by atoms with Crippen LogP contribution in [-0.4, -0.2) is 179 Å². The monoisotopic (exact) mass is 1140 g/mol.